The molecular formula is C5H2O9. The summed E-state index contributed by atoms with van der Waals surface area (Å²) in [6, 6.07) is 0. The minimum Gasteiger partial charge on any atom is -0.449 e. The van der Waals surface area contributed by atoms with Gasteiger partial charge in [0.1, 0.15) is 0 Å². The van der Waals surface area contributed by atoms with Crippen LogP contribution in [-0.4, -0.2) is 40.2 Å². The van der Waals surface area contributed by atoms with Gasteiger partial charge in [-0.2, -0.15) is 0 Å². The first-order chi connectivity index (χ1) is 6.34. The number of Topliss-reactive ketones (excluding diaryl/α,β-unsaturated/α-hetero) is 1. The standard InChI is InChI=1S/C5H2O9/c6-1(2(7)13-4(9)10)3(8)14-5(11)12/h(H,9,10)(H,11,12). The summed E-state index contributed by atoms with van der Waals surface area (Å²) in [6.07, 6.45) is -4.21. The SMILES string of the molecule is O=C(O)OC(=O)C(=O)C(=O)OC(=O)O. The lowest BCUT2D eigenvalue weighted by molar-refractivity contribution is -0.160. The van der Waals surface area contributed by atoms with E-state index in [1.54, 1.807) is 0 Å². The number of carbonyl (C=O) groups is 5. The van der Waals surface area contributed by atoms with E-state index in [1.165, 1.54) is 0 Å². The van der Waals surface area contributed by atoms with E-state index in [2.05, 4.69) is 9.47 Å². The van der Waals surface area contributed by atoms with Gasteiger partial charge in [0.25, 0.3) is 0 Å². The van der Waals surface area contributed by atoms with Crippen molar-refractivity contribution in [3.8, 4) is 0 Å². The summed E-state index contributed by atoms with van der Waals surface area (Å²) in [5, 5.41) is 15.7. The van der Waals surface area contributed by atoms with Gasteiger partial charge in [-0.05, 0) is 0 Å². The zero-order valence-electron chi connectivity index (χ0n) is 6.25. The summed E-state index contributed by atoms with van der Waals surface area (Å²) in [7, 11) is 0. The van der Waals surface area contributed by atoms with Crippen LogP contribution in [0.25, 0.3) is 0 Å². The number of carbonyl (C=O) groups excluding carboxylic acids is 3. The van der Waals surface area contributed by atoms with Crippen molar-refractivity contribution in [3.63, 3.8) is 0 Å². The smallest absolute Gasteiger partial charge is 0.449 e. The quantitative estimate of drug-likeness (QED) is 0.330. The normalized spacial score (nSPS) is 8.57. The van der Waals surface area contributed by atoms with Gasteiger partial charge in [-0.3, -0.25) is 4.79 Å². The van der Waals surface area contributed by atoms with Gasteiger partial charge in [0.2, 0.25) is 0 Å². The highest BCUT2D eigenvalue weighted by atomic mass is 16.7. The van der Waals surface area contributed by atoms with Gasteiger partial charge in [0, 0.05) is 0 Å². The average Bonchev–Trinajstić information content (AvgIpc) is 2.00. The van der Waals surface area contributed by atoms with Crippen molar-refractivity contribution in [3.05, 3.63) is 0 Å². The number of esters is 2. The molecule has 0 atom stereocenters. The molecule has 0 aliphatic heterocycles. The van der Waals surface area contributed by atoms with Crippen LogP contribution >= 0.6 is 0 Å². The van der Waals surface area contributed by atoms with Crippen molar-refractivity contribution in [2.45, 2.75) is 0 Å². The van der Waals surface area contributed by atoms with Crippen LogP contribution in [0.15, 0.2) is 0 Å². The third-order valence-electron chi connectivity index (χ3n) is 0.731. The lowest BCUT2D eigenvalue weighted by Gasteiger charge is -1.95. The fraction of sp³-hybridized carbons (Fsp3) is 0. The van der Waals surface area contributed by atoms with Crippen molar-refractivity contribution in [2.75, 3.05) is 0 Å². The lowest BCUT2D eigenvalue weighted by Crippen LogP contribution is -2.30. The van der Waals surface area contributed by atoms with Crippen LogP contribution in [0.2, 0.25) is 0 Å². The second kappa shape index (κ2) is 4.54. The molecule has 9 heteroatoms. The minimum atomic E-state index is -2.11. The molecular weight excluding hydrogens is 204 g/mol. The number of rotatable bonds is 2. The Morgan fingerprint density at radius 3 is 1.21 bits per heavy atom. The van der Waals surface area contributed by atoms with E-state index in [4.69, 9.17) is 10.2 Å². The molecule has 0 rings (SSSR count). The third-order valence-corrected chi connectivity index (χ3v) is 0.731. The molecule has 0 bridgehead atoms. The van der Waals surface area contributed by atoms with Crippen molar-refractivity contribution in [1.29, 1.82) is 0 Å². The number of hydrogen-bond donors (Lipinski definition) is 2. The van der Waals surface area contributed by atoms with E-state index in [0.717, 1.165) is 0 Å². The fourth-order valence-electron chi connectivity index (χ4n) is 0.335. The molecule has 0 heterocycles. The Bertz CT molecular complexity index is 283. The molecule has 0 fully saturated rings. The van der Waals surface area contributed by atoms with E-state index < -0.39 is 30.0 Å². The molecule has 0 aromatic heterocycles. The maximum atomic E-state index is 10.4. The Morgan fingerprint density at radius 2 is 1.00 bits per heavy atom. The average molecular weight is 206 g/mol. The molecule has 2 N–H and O–H groups in total. The molecule has 14 heavy (non-hydrogen) atoms. The molecule has 0 saturated heterocycles. The molecule has 9 nitrogen and oxygen atoms in total. The van der Waals surface area contributed by atoms with Crippen molar-refractivity contribution in [1.82, 2.24) is 0 Å². The zero-order chi connectivity index (χ0) is 11.3. The largest absolute Gasteiger partial charge is 0.513 e. The molecule has 0 spiro atoms. The predicted molar refractivity (Wildman–Crippen MR) is 33.2 cm³/mol. The second-order valence-electron chi connectivity index (χ2n) is 1.64. The first-order valence-electron chi connectivity index (χ1n) is 2.78. The molecule has 0 aliphatic carbocycles. The van der Waals surface area contributed by atoms with Crippen LogP contribution in [-0.2, 0) is 23.9 Å². The van der Waals surface area contributed by atoms with Gasteiger partial charge in [-0.15, -0.1) is 0 Å². The summed E-state index contributed by atoms with van der Waals surface area (Å²) >= 11 is 0. The Morgan fingerprint density at radius 1 is 0.714 bits per heavy atom. The van der Waals surface area contributed by atoms with E-state index in [9.17, 15) is 24.0 Å². The Labute approximate surface area is 74.8 Å². The van der Waals surface area contributed by atoms with Crippen LogP contribution in [0.3, 0.4) is 0 Å². The van der Waals surface area contributed by atoms with Crippen molar-refractivity contribution >= 4 is 30.0 Å². The third kappa shape index (κ3) is 3.80. The number of ketones is 1. The second-order valence-corrected chi connectivity index (χ2v) is 1.64. The maximum Gasteiger partial charge on any atom is 0.513 e. The first kappa shape index (κ1) is 11.6. The summed E-state index contributed by atoms with van der Waals surface area (Å²) in [6.45, 7) is 0. The molecule has 0 radical (unpaired) electrons. The highest BCUT2D eigenvalue weighted by molar-refractivity contribution is 6.61. The van der Waals surface area contributed by atoms with E-state index in [0.29, 0.717) is 0 Å². The molecule has 0 amide bonds. The predicted octanol–water partition coefficient (Wildman–Crippen LogP) is -1.00. The first-order valence-corrected chi connectivity index (χ1v) is 2.78. The van der Waals surface area contributed by atoms with Gasteiger partial charge >= 0.3 is 30.0 Å². The van der Waals surface area contributed by atoms with E-state index in [-0.39, 0.29) is 0 Å². The summed E-state index contributed by atoms with van der Waals surface area (Å²) in [4.78, 5) is 50.5. The highest BCUT2D eigenvalue weighted by Crippen LogP contribution is 1.88. The molecule has 0 aromatic rings. The maximum absolute atomic E-state index is 10.4. The van der Waals surface area contributed by atoms with Gasteiger partial charge in [0.05, 0.1) is 0 Å². The highest BCUT2D eigenvalue weighted by Gasteiger charge is 2.30. The van der Waals surface area contributed by atoms with Crippen LogP contribution in [0.4, 0.5) is 9.59 Å². The summed E-state index contributed by atoms with van der Waals surface area (Å²) < 4.78 is 6.50. The summed E-state index contributed by atoms with van der Waals surface area (Å²) in [5.74, 6) is -6.11. The molecule has 0 saturated carbocycles. The minimum absolute atomic E-state index is 2.03. The number of ether oxygens (including phenoxy) is 2. The Balaban J connectivity index is 4.32. The lowest BCUT2D eigenvalue weighted by atomic mass is 10.4. The Hall–Kier alpha value is -2.45. The molecule has 0 unspecified atom stereocenters. The Kier molecular flexibility index (Phi) is 3.75. The van der Waals surface area contributed by atoms with Crippen LogP contribution in [0, 0.1) is 0 Å². The van der Waals surface area contributed by atoms with E-state index in [1.807, 2.05) is 0 Å². The zero-order valence-corrected chi connectivity index (χ0v) is 6.25. The molecule has 0 aromatic carbocycles. The summed E-state index contributed by atoms with van der Waals surface area (Å²) in [5.41, 5.74) is 0. The van der Waals surface area contributed by atoms with Gasteiger partial charge in [-0.1, -0.05) is 0 Å². The monoisotopic (exact) mass is 206 g/mol. The van der Waals surface area contributed by atoms with Crippen LogP contribution in [0.5, 0.6) is 0 Å². The van der Waals surface area contributed by atoms with Gasteiger partial charge in [-0.25, -0.2) is 19.2 Å². The van der Waals surface area contributed by atoms with Gasteiger partial charge in [0.15, 0.2) is 0 Å². The van der Waals surface area contributed by atoms with Crippen molar-refractivity contribution < 1.29 is 43.7 Å². The van der Waals surface area contributed by atoms with E-state index >= 15 is 0 Å². The number of carboxylic acid groups (broad SMARTS) is 2. The number of hydrogen-bond acceptors (Lipinski definition) is 7. The fourth-order valence-corrected chi connectivity index (χ4v) is 0.335. The van der Waals surface area contributed by atoms with Crippen LogP contribution in [0.1, 0.15) is 0 Å². The van der Waals surface area contributed by atoms with Crippen molar-refractivity contribution in [2.24, 2.45) is 0 Å². The van der Waals surface area contributed by atoms with Gasteiger partial charge < -0.3 is 19.7 Å². The topological polar surface area (TPSA) is 144 Å². The molecule has 76 valence electrons. The molecule has 0 aliphatic rings. The van der Waals surface area contributed by atoms with Crippen LogP contribution < -0.4 is 0 Å².